The van der Waals surface area contributed by atoms with E-state index in [0.29, 0.717) is 0 Å². The van der Waals surface area contributed by atoms with Crippen molar-refractivity contribution in [1.82, 2.24) is 10.6 Å². The summed E-state index contributed by atoms with van der Waals surface area (Å²) in [4.78, 5) is 4.48. The van der Waals surface area contributed by atoms with Crippen molar-refractivity contribution in [3.63, 3.8) is 0 Å². The average molecular weight is 221 g/mol. The molecule has 0 aromatic heterocycles. The fourth-order valence-electron chi connectivity index (χ4n) is 3.27. The van der Waals surface area contributed by atoms with Gasteiger partial charge in [0.1, 0.15) is 0 Å². The van der Waals surface area contributed by atoms with Gasteiger partial charge in [0.2, 0.25) is 0 Å². The first-order valence-corrected chi connectivity index (χ1v) is 6.98. The van der Waals surface area contributed by atoms with Crippen molar-refractivity contribution in [2.45, 2.75) is 51.0 Å². The van der Waals surface area contributed by atoms with Gasteiger partial charge in [-0.25, -0.2) is 0 Å². The summed E-state index contributed by atoms with van der Waals surface area (Å²) in [5.41, 5.74) is 0. The largest absolute Gasteiger partial charge is 0.356 e. The van der Waals surface area contributed by atoms with Gasteiger partial charge in [-0.05, 0) is 24.7 Å². The summed E-state index contributed by atoms with van der Waals surface area (Å²) in [7, 11) is 0. The third kappa shape index (κ3) is 2.33. The van der Waals surface area contributed by atoms with Crippen molar-refractivity contribution in [2.24, 2.45) is 16.8 Å². The Morgan fingerprint density at radius 1 is 1.12 bits per heavy atom. The van der Waals surface area contributed by atoms with Crippen LogP contribution >= 0.6 is 0 Å². The van der Waals surface area contributed by atoms with E-state index in [0.717, 1.165) is 36.9 Å². The van der Waals surface area contributed by atoms with Crippen molar-refractivity contribution < 1.29 is 0 Å². The molecule has 0 aromatic rings. The maximum absolute atomic E-state index is 4.48. The lowest BCUT2D eigenvalue weighted by molar-refractivity contribution is 0.315. The van der Waals surface area contributed by atoms with E-state index in [1.807, 2.05) is 0 Å². The number of guanidine groups is 1. The fourth-order valence-corrected chi connectivity index (χ4v) is 3.27. The zero-order chi connectivity index (χ0) is 10.8. The molecule has 0 saturated heterocycles. The molecule has 2 fully saturated rings. The molecule has 2 atom stereocenters. The number of nitrogens with one attached hydrogen (secondary N) is 2. The van der Waals surface area contributed by atoms with Gasteiger partial charge in [-0.2, -0.15) is 0 Å². The van der Waals surface area contributed by atoms with Gasteiger partial charge in [-0.1, -0.05) is 32.1 Å². The average Bonchev–Trinajstić information content (AvgIpc) is 3.11. The topological polar surface area (TPSA) is 36.4 Å². The third-order valence-corrected chi connectivity index (χ3v) is 4.31. The fraction of sp³-hybridized carbons (Fsp3) is 0.923. The molecule has 90 valence electrons. The summed E-state index contributed by atoms with van der Waals surface area (Å²) in [5.74, 6) is 3.02. The van der Waals surface area contributed by atoms with Crippen LogP contribution in [0.3, 0.4) is 0 Å². The van der Waals surface area contributed by atoms with Gasteiger partial charge >= 0.3 is 0 Å². The Hall–Kier alpha value is -0.730. The lowest BCUT2D eigenvalue weighted by Gasteiger charge is -2.22. The van der Waals surface area contributed by atoms with Gasteiger partial charge in [0.25, 0.3) is 0 Å². The lowest BCUT2D eigenvalue weighted by Crippen LogP contribution is -2.42. The Labute approximate surface area is 98.1 Å². The van der Waals surface area contributed by atoms with Crippen LogP contribution in [0.2, 0.25) is 0 Å². The van der Waals surface area contributed by atoms with Crippen molar-refractivity contribution in [3.8, 4) is 0 Å². The summed E-state index contributed by atoms with van der Waals surface area (Å²) >= 11 is 0. The SMILES string of the molecule is C1CCC(C2CC2NC2=NCCCN2)CC1. The molecule has 2 unspecified atom stereocenters. The van der Waals surface area contributed by atoms with E-state index < -0.39 is 0 Å². The van der Waals surface area contributed by atoms with E-state index in [9.17, 15) is 0 Å². The molecule has 0 aromatic carbocycles. The molecule has 2 aliphatic carbocycles. The van der Waals surface area contributed by atoms with E-state index in [2.05, 4.69) is 15.6 Å². The van der Waals surface area contributed by atoms with Crippen LogP contribution in [0.5, 0.6) is 0 Å². The third-order valence-electron chi connectivity index (χ3n) is 4.31. The van der Waals surface area contributed by atoms with Gasteiger partial charge in [0.05, 0.1) is 0 Å². The number of hydrogen-bond acceptors (Lipinski definition) is 3. The molecule has 0 radical (unpaired) electrons. The second kappa shape index (κ2) is 4.64. The molecule has 0 bridgehead atoms. The Morgan fingerprint density at radius 3 is 2.75 bits per heavy atom. The molecule has 2 saturated carbocycles. The Balaban J connectivity index is 1.46. The molecule has 0 spiro atoms. The van der Waals surface area contributed by atoms with E-state index in [4.69, 9.17) is 0 Å². The monoisotopic (exact) mass is 221 g/mol. The van der Waals surface area contributed by atoms with Crippen molar-refractivity contribution in [3.05, 3.63) is 0 Å². The molecular weight excluding hydrogens is 198 g/mol. The smallest absolute Gasteiger partial charge is 0.191 e. The lowest BCUT2D eigenvalue weighted by atomic mass is 9.85. The summed E-state index contributed by atoms with van der Waals surface area (Å²) in [6.45, 7) is 2.09. The number of rotatable bonds is 2. The van der Waals surface area contributed by atoms with Gasteiger partial charge in [0.15, 0.2) is 5.96 Å². The number of nitrogens with zero attached hydrogens (tertiary/aromatic N) is 1. The highest BCUT2D eigenvalue weighted by molar-refractivity contribution is 5.80. The highest BCUT2D eigenvalue weighted by Crippen LogP contribution is 2.44. The molecule has 0 amide bonds. The number of aliphatic imine (C=N–C) groups is 1. The second-order valence-corrected chi connectivity index (χ2v) is 5.56. The van der Waals surface area contributed by atoms with Crippen LogP contribution in [0, 0.1) is 11.8 Å². The van der Waals surface area contributed by atoms with Gasteiger partial charge < -0.3 is 10.6 Å². The molecule has 1 heterocycles. The normalized spacial score (nSPS) is 35.1. The van der Waals surface area contributed by atoms with E-state index >= 15 is 0 Å². The maximum atomic E-state index is 4.48. The quantitative estimate of drug-likeness (QED) is 0.747. The molecule has 3 heteroatoms. The zero-order valence-electron chi connectivity index (χ0n) is 10.0. The molecule has 2 N–H and O–H groups in total. The Bertz CT molecular complexity index is 268. The van der Waals surface area contributed by atoms with Crippen LogP contribution in [0.4, 0.5) is 0 Å². The molecule has 3 aliphatic rings. The van der Waals surface area contributed by atoms with Gasteiger partial charge in [0, 0.05) is 19.1 Å². The van der Waals surface area contributed by atoms with Crippen molar-refractivity contribution >= 4 is 5.96 Å². The molecule has 3 rings (SSSR count). The summed E-state index contributed by atoms with van der Waals surface area (Å²) < 4.78 is 0. The van der Waals surface area contributed by atoms with Crippen LogP contribution in [0.1, 0.15) is 44.9 Å². The maximum Gasteiger partial charge on any atom is 0.191 e. The zero-order valence-corrected chi connectivity index (χ0v) is 10.0. The van der Waals surface area contributed by atoms with Crippen LogP contribution < -0.4 is 10.6 Å². The van der Waals surface area contributed by atoms with E-state index in [1.54, 1.807) is 0 Å². The van der Waals surface area contributed by atoms with Gasteiger partial charge in [-0.3, -0.25) is 4.99 Å². The minimum absolute atomic E-state index is 0.729. The Kier molecular flexibility index (Phi) is 3.02. The number of hydrogen-bond donors (Lipinski definition) is 2. The van der Waals surface area contributed by atoms with Crippen molar-refractivity contribution in [2.75, 3.05) is 13.1 Å². The molecular formula is C13H23N3. The van der Waals surface area contributed by atoms with Gasteiger partial charge in [-0.15, -0.1) is 0 Å². The van der Waals surface area contributed by atoms with Crippen LogP contribution in [-0.2, 0) is 0 Å². The molecule has 3 nitrogen and oxygen atoms in total. The second-order valence-electron chi connectivity index (χ2n) is 5.56. The first kappa shape index (κ1) is 10.4. The van der Waals surface area contributed by atoms with E-state index in [1.165, 1.54) is 44.9 Å². The van der Waals surface area contributed by atoms with Crippen LogP contribution in [0.15, 0.2) is 4.99 Å². The summed E-state index contributed by atoms with van der Waals surface area (Å²) in [5, 5.41) is 6.93. The first-order valence-electron chi connectivity index (χ1n) is 6.98. The standard InChI is InChI=1S/C13H23N3/c1-2-5-10(6-3-1)11-9-12(11)16-13-14-7-4-8-15-13/h10-12H,1-9H2,(H2,14,15,16). The summed E-state index contributed by atoms with van der Waals surface area (Å²) in [6, 6.07) is 0.729. The Morgan fingerprint density at radius 2 is 2.00 bits per heavy atom. The predicted octanol–water partition coefficient (Wildman–Crippen LogP) is 1.89. The van der Waals surface area contributed by atoms with Crippen molar-refractivity contribution in [1.29, 1.82) is 0 Å². The van der Waals surface area contributed by atoms with Crippen LogP contribution in [0.25, 0.3) is 0 Å². The minimum atomic E-state index is 0.729. The highest BCUT2D eigenvalue weighted by atomic mass is 15.2. The van der Waals surface area contributed by atoms with Crippen LogP contribution in [-0.4, -0.2) is 25.1 Å². The molecule has 1 aliphatic heterocycles. The summed E-state index contributed by atoms with van der Waals surface area (Å²) in [6.07, 6.45) is 9.91. The first-order chi connectivity index (χ1) is 7.93. The minimum Gasteiger partial charge on any atom is -0.356 e. The highest BCUT2D eigenvalue weighted by Gasteiger charge is 2.43. The van der Waals surface area contributed by atoms with E-state index in [-0.39, 0.29) is 0 Å². The molecule has 16 heavy (non-hydrogen) atoms. The predicted molar refractivity (Wildman–Crippen MR) is 66.5 cm³/mol.